The van der Waals surface area contributed by atoms with Gasteiger partial charge in [-0.1, -0.05) is 0 Å². The predicted molar refractivity (Wildman–Crippen MR) is 98.1 cm³/mol. The van der Waals surface area contributed by atoms with Gasteiger partial charge in [0.15, 0.2) is 16.6 Å². The first-order valence-corrected chi connectivity index (χ1v) is 9.85. The van der Waals surface area contributed by atoms with Crippen LogP contribution in [0.1, 0.15) is 6.42 Å². The lowest BCUT2D eigenvalue weighted by Crippen LogP contribution is -2.36. The number of benzene rings is 1. The van der Waals surface area contributed by atoms with Crippen LogP contribution in [0, 0.1) is 0 Å². The molecular weight excluding hydrogens is 346 g/mol. The number of nitrogens with two attached hydrogens (primary N) is 1. The molecular formula is C16H19N3O3S2. The molecule has 0 bridgehead atoms. The molecule has 128 valence electrons. The van der Waals surface area contributed by atoms with E-state index >= 15 is 0 Å². The molecule has 1 amide bonds. The second-order valence-electron chi connectivity index (χ2n) is 5.27. The van der Waals surface area contributed by atoms with E-state index < -0.39 is 6.04 Å². The normalized spacial score (nSPS) is 14.2. The summed E-state index contributed by atoms with van der Waals surface area (Å²) in [6, 6.07) is 5.19. The lowest BCUT2D eigenvalue weighted by molar-refractivity contribution is -0.117. The summed E-state index contributed by atoms with van der Waals surface area (Å²) in [5.41, 5.74) is 7.57. The van der Waals surface area contributed by atoms with Crippen molar-refractivity contribution in [2.75, 3.05) is 30.5 Å². The van der Waals surface area contributed by atoms with Gasteiger partial charge in [0, 0.05) is 10.9 Å². The van der Waals surface area contributed by atoms with Gasteiger partial charge in [-0.25, -0.2) is 4.98 Å². The van der Waals surface area contributed by atoms with E-state index in [4.69, 9.17) is 15.2 Å². The number of ether oxygens (including phenoxy) is 2. The van der Waals surface area contributed by atoms with Crippen molar-refractivity contribution in [2.24, 2.45) is 5.73 Å². The molecule has 0 radical (unpaired) electrons. The maximum Gasteiger partial charge on any atom is 0.243 e. The molecule has 0 spiro atoms. The third kappa shape index (κ3) is 4.00. The van der Waals surface area contributed by atoms with Crippen molar-refractivity contribution in [3.8, 4) is 22.8 Å². The van der Waals surface area contributed by atoms with E-state index in [0.717, 1.165) is 28.5 Å². The van der Waals surface area contributed by atoms with Crippen LogP contribution in [-0.2, 0) is 4.79 Å². The topological polar surface area (TPSA) is 86.5 Å². The molecule has 3 N–H and O–H groups in total. The highest BCUT2D eigenvalue weighted by Crippen LogP contribution is 2.35. The average Bonchev–Trinajstić information content (AvgIpc) is 3.07. The summed E-state index contributed by atoms with van der Waals surface area (Å²) >= 11 is 3.05. The number of thiazole rings is 1. The molecule has 3 rings (SSSR count). The van der Waals surface area contributed by atoms with Crippen molar-refractivity contribution >= 4 is 34.1 Å². The third-order valence-corrected chi connectivity index (χ3v) is 4.94. The van der Waals surface area contributed by atoms with Crippen molar-refractivity contribution in [3.63, 3.8) is 0 Å². The van der Waals surface area contributed by atoms with E-state index in [1.807, 2.05) is 29.8 Å². The fourth-order valence-electron chi connectivity index (χ4n) is 2.24. The number of hydrogen-bond acceptors (Lipinski definition) is 7. The minimum absolute atomic E-state index is 0.202. The highest BCUT2D eigenvalue weighted by Gasteiger charge is 2.16. The van der Waals surface area contributed by atoms with Crippen molar-refractivity contribution in [2.45, 2.75) is 12.5 Å². The van der Waals surface area contributed by atoms with Crippen LogP contribution in [0.5, 0.6) is 11.5 Å². The monoisotopic (exact) mass is 365 g/mol. The Labute approximate surface area is 148 Å². The van der Waals surface area contributed by atoms with Crippen LogP contribution in [0.3, 0.4) is 0 Å². The minimum Gasteiger partial charge on any atom is -0.486 e. The Hall–Kier alpha value is -1.77. The van der Waals surface area contributed by atoms with Gasteiger partial charge < -0.3 is 20.5 Å². The molecule has 1 aromatic carbocycles. The summed E-state index contributed by atoms with van der Waals surface area (Å²) in [4.78, 5) is 16.5. The number of nitrogens with zero attached hydrogens (tertiary/aromatic N) is 1. The SMILES string of the molecule is CSCCC(N)C(=O)Nc1nc(-c2ccc3c(c2)OCCO3)cs1. The molecule has 1 aliphatic rings. The zero-order valence-electron chi connectivity index (χ0n) is 13.3. The Bertz CT molecular complexity index is 720. The van der Waals surface area contributed by atoms with Gasteiger partial charge in [-0.15, -0.1) is 11.3 Å². The summed E-state index contributed by atoms with van der Waals surface area (Å²) in [7, 11) is 0. The van der Waals surface area contributed by atoms with Gasteiger partial charge in [-0.2, -0.15) is 11.8 Å². The van der Waals surface area contributed by atoms with Crippen LogP contribution in [0.4, 0.5) is 5.13 Å². The molecule has 0 fully saturated rings. The molecule has 0 saturated carbocycles. The summed E-state index contributed by atoms with van der Waals surface area (Å²) in [5, 5.41) is 5.22. The first kappa shape index (κ1) is 17.1. The number of fused-ring (bicyclic) bond motifs is 1. The number of nitrogens with one attached hydrogen (secondary N) is 1. The number of anilines is 1. The highest BCUT2D eigenvalue weighted by atomic mass is 32.2. The molecule has 2 aromatic rings. The number of aromatic nitrogens is 1. The van der Waals surface area contributed by atoms with Gasteiger partial charge in [0.25, 0.3) is 0 Å². The van der Waals surface area contributed by atoms with Gasteiger partial charge in [0.1, 0.15) is 13.2 Å². The average molecular weight is 365 g/mol. The van der Waals surface area contributed by atoms with Crippen LogP contribution in [0.15, 0.2) is 23.6 Å². The number of amides is 1. The van der Waals surface area contributed by atoms with Crippen molar-refractivity contribution in [1.29, 1.82) is 0 Å². The lowest BCUT2D eigenvalue weighted by atomic mass is 10.1. The highest BCUT2D eigenvalue weighted by molar-refractivity contribution is 7.98. The molecule has 0 aliphatic carbocycles. The Morgan fingerprint density at radius 2 is 2.21 bits per heavy atom. The molecule has 0 saturated heterocycles. The Balaban J connectivity index is 1.68. The first-order valence-electron chi connectivity index (χ1n) is 7.58. The summed E-state index contributed by atoms with van der Waals surface area (Å²) < 4.78 is 11.1. The maximum atomic E-state index is 12.0. The molecule has 6 nitrogen and oxygen atoms in total. The van der Waals surface area contributed by atoms with Crippen LogP contribution in [0.25, 0.3) is 11.3 Å². The van der Waals surface area contributed by atoms with Crippen molar-refractivity contribution < 1.29 is 14.3 Å². The fraction of sp³-hybridized carbons (Fsp3) is 0.375. The van der Waals surface area contributed by atoms with Crippen LogP contribution >= 0.6 is 23.1 Å². The smallest absolute Gasteiger partial charge is 0.243 e. The second kappa shape index (κ2) is 7.87. The van der Waals surface area contributed by atoms with Gasteiger partial charge >= 0.3 is 0 Å². The zero-order valence-corrected chi connectivity index (χ0v) is 14.9. The van der Waals surface area contributed by atoms with Crippen molar-refractivity contribution in [3.05, 3.63) is 23.6 Å². The molecule has 1 unspecified atom stereocenters. The van der Waals surface area contributed by atoms with E-state index in [0.29, 0.717) is 24.8 Å². The van der Waals surface area contributed by atoms with E-state index in [1.165, 1.54) is 11.3 Å². The number of thioether (sulfide) groups is 1. The molecule has 1 aliphatic heterocycles. The maximum absolute atomic E-state index is 12.0. The molecule has 1 atom stereocenters. The molecule has 24 heavy (non-hydrogen) atoms. The second-order valence-corrected chi connectivity index (χ2v) is 7.12. The van der Waals surface area contributed by atoms with Gasteiger partial charge in [-0.3, -0.25) is 4.79 Å². The van der Waals surface area contributed by atoms with Gasteiger partial charge in [0.05, 0.1) is 11.7 Å². The van der Waals surface area contributed by atoms with Crippen LogP contribution in [-0.4, -0.2) is 42.2 Å². The number of carbonyl (C=O) groups is 1. The zero-order chi connectivity index (χ0) is 16.9. The van der Waals surface area contributed by atoms with Crippen molar-refractivity contribution in [1.82, 2.24) is 4.98 Å². The predicted octanol–water partition coefficient (Wildman–Crippen LogP) is 2.60. The summed E-state index contributed by atoms with van der Waals surface area (Å²) in [6.07, 6.45) is 2.64. The fourth-order valence-corrected chi connectivity index (χ4v) is 3.45. The van der Waals surface area contributed by atoms with Gasteiger partial charge in [-0.05, 0) is 36.6 Å². The quantitative estimate of drug-likeness (QED) is 0.818. The van der Waals surface area contributed by atoms with E-state index in [2.05, 4.69) is 10.3 Å². The summed E-state index contributed by atoms with van der Waals surface area (Å²) in [5.74, 6) is 2.12. The largest absolute Gasteiger partial charge is 0.486 e. The first-order chi connectivity index (χ1) is 11.7. The Morgan fingerprint density at radius 1 is 1.42 bits per heavy atom. The Kier molecular flexibility index (Phi) is 5.60. The lowest BCUT2D eigenvalue weighted by Gasteiger charge is -2.18. The molecule has 1 aromatic heterocycles. The third-order valence-electron chi connectivity index (χ3n) is 3.54. The van der Waals surface area contributed by atoms with Crippen LogP contribution in [0.2, 0.25) is 0 Å². The summed E-state index contributed by atoms with van der Waals surface area (Å²) in [6.45, 7) is 1.11. The molecule has 8 heteroatoms. The number of rotatable bonds is 6. The van der Waals surface area contributed by atoms with Gasteiger partial charge in [0.2, 0.25) is 5.91 Å². The molecule has 2 heterocycles. The Morgan fingerprint density at radius 3 is 3.00 bits per heavy atom. The van der Waals surface area contributed by atoms with E-state index in [9.17, 15) is 4.79 Å². The number of hydrogen-bond donors (Lipinski definition) is 2. The van der Waals surface area contributed by atoms with E-state index in [-0.39, 0.29) is 5.91 Å². The minimum atomic E-state index is -0.515. The number of carbonyl (C=O) groups excluding carboxylic acids is 1. The standard InChI is InChI=1S/C16H19N3O3S2/c1-23-7-4-11(17)15(20)19-16-18-12(9-24-16)10-2-3-13-14(8-10)22-6-5-21-13/h2-3,8-9,11H,4-7,17H2,1H3,(H,18,19,20). The van der Waals surface area contributed by atoms with E-state index in [1.54, 1.807) is 11.8 Å². The van der Waals surface area contributed by atoms with Crippen LogP contribution < -0.4 is 20.5 Å².